The van der Waals surface area contributed by atoms with E-state index >= 15 is 0 Å². The quantitative estimate of drug-likeness (QED) is 0.896. The minimum absolute atomic E-state index is 0.0454. The van der Waals surface area contributed by atoms with Crippen LogP contribution in [0, 0.1) is 13.8 Å². The number of nitrogens with one attached hydrogen (secondary N) is 1. The number of hydrogen-bond donors (Lipinski definition) is 1. The van der Waals surface area contributed by atoms with Gasteiger partial charge in [-0.15, -0.1) is 0 Å². The zero-order chi connectivity index (χ0) is 18.6. The molecule has 1 saturated heterocycles. The summed E-state index contributed by atoms with van der Waals surface area (Å²) in [5.41, 5.74) is 3.26. The molecule has 0 aliphatic carbocycles. The lowest BCUT2D eigenvalue weighted by atomic mass is 10.0. The number of carbonyl (C=O) groups excluding carboxylic acids is 2. The van der Waals surface area contributed by atoms with Crippen LogP contribution in [0.5, 0.6) is 0 Å². The molecule has 0 bridgehead atoms. The van der Waals surface area contributed by atoms with Crippen molar-refractivity contribution in [1.82, 2.24) is 15.1 Å². The predicted molar refractivity (Wildman–Crippen MR) is 101 cm³/mol. The summed E-state index contributed by atoms with van der Waals surface area (Å²) in [6.45, 7) is 12.7. The maximum absolute atomic E-state index is 12.6. The van der Waals surface area contributed by atoms with Crippen molar-refractivity contribution in [3.8, 4) is 0 Å². The molecule has 0 unspecified atom stereocenters. The Morgan fingerprint density at radius 2 is 1.64 bits per heavy atom. The van der Waals surface area contributed by atoms with Gasteiger partial charge in [0.2, 0.25) is 5.91 Å². The first-order valence-electron chi connectivity index (χ1n) is 9.07. The summed E-state index contributed by atoms with van der Waals surface area (Å²) in [5.74, 6) is 0.140. The Kier molecular flexibility index (Phi) is 6.09. The fraction of sp³-hybridized carbons (Fsp3) is 0.600. The predicted octanol–water partition coefficient (Wildman–Crippen LogP) is 2.89. The van der Waals surface area contributed by atoms with E-state index in [1.165, 1.54) is 11.1 Å². The molecule has 1 aromatic carbocycles. The molecule has 5 nitrogen and oxygen atoms in total. The van der Waals surface area contributed by atoms with Gasteiger partial charge < -0.3 is 15.1 Å². The number of rotatable bonds is 2. The molecule has 138 valence electrons. The number of nitrogens with zero attached hydrogens (tertiary/aromatic N) is 2. The highest BCUT2D eigenvalue weighted by molar-refractivity contribution is 5.79. The molecule has 1 aliphatic rings. The molecule has 1 aliphatic heterocycles. The third kappa shape index (κ3) is 5.76. The maximum atomic E-state index is 12.6. The van der Waals surface area contributed by atoms with Crippen molar-refractivity contribution in [3.63, 3.8) is 0 Å². The largest absolute Gasteiger partial charge is 0.341 e. The number of urea groups is 1. The highest BCUT2D eigenvalue weighted by Gasteiger charge is 2.24. The van der Waals surface area contributed by atoms with E-state index in [0.717, 1.165) is 12.0 Å². The van der Waals surface area contributed by atoms with Crippen LogP contribution in [0.3, 0.4) is 0 Å². The SMILES string of the molecule is Cc1ccc(CC(=O)N2CCCN(C(=O)NC(C)(C)C)CC2)cc1C. The lowest BCUT2D eigenvalue weighted by Crippen LogP contribution is -2.49. The average molecular weight is 345 g/mol. The van der Waals surface area contributed by atoms with Crippen LogP contribution in [-0.2, 0) is 11.2 Å². The molecule has 3 amide bonds. The van der Waals surface area contributed by atoms with E-state index in [-0.39, 0.29) is 17.5 Å². The van der Waals surface area contributed by atoms with Gasteiger partial charge >= 0.3 is 6.03 Å². The summed E-state index contributed by atoms with van der Waals surface area (Å²) < 4.78 is 0. The van der Waals surface area contributed by atoms with Crippen LogP contribution >= 0.6 is 0 Å². The van der Waals surface area contributed by atoms with Crippen LogP contribution < -0.4 is 5.32 Å². The molecular formula is C20H31N3O2. The standard InChI is InChI=1S/C20H31N3O2/c1-15-7-8-17(13-16(15)2)14-18(24)22-9-6-10-23(12-11-22)19(25)21-20(3,4)5/h7-8,13H,6,9-12,14H2,1-5H3,(H,21,25). The summed E-state index contributed by atoms with van der Waals surface area (Å²) in [7, 11) is 0. The van der Waals surface area contributed by atoms with Crippen LogP contribution in [0.1, 0.15) is 43.9 Å². The van der Waals surface area contributed by atoms with Gasteiger partial charge in [-0.25, -0.2) is 4.79 Å². The van der Waals surface area contributed by atoms with Crippen LogP contribution in [0.4, 0.5) is 4.79 Å². The molecule has 5 heteroatoms. The second-order valence-electron chi connectivity index (χ2n) is 8.00. The Balaban J connectivity index is 1.92. The Labute approximate surface area is 151 Å². The average Bonchev–Trinajstić information content (AvgIpc) is 2.75. The van der Waals surface area contributed by atoms with Crippen molar-refractivity contribution < 1.29 is 9.59 Å². The molecule has 0 aromatic heterocycles. The maximum Gasteiger partial charge on any atom is 0.317 e. The Hall–Kier alpha value is -2.04. The van der Waals surface area contributed by atoms with Gasteiger partial charge in [-0.2, -0.15) is 0 Å². The van der Waals surface area contributed by atoms with Gasteiger partial charge in [0.05, 0.1) is 6.42 Å². The van der Waals surface area contributed by atoms with Gasteiger partial charge in [0.25, 0.3) is 0 Å². The van der Waals surface area contributed by atoms with Crippen LogP contribution in [0.2, 0.25) is 0 Å². The number of aryl methyl sites for hydroxylation is 2. The number of amides is 3. The lowest BCUT2D eigenvalue weighted by Gasteiger charge is -2.27. The van der Waals surface area contributed by atoms with Gasteiger partial charge in [0.1, 0.15) is 0 Å². The second-order valence-corrected chi connectivity index (χ2v) is 8.00. The topological polar surface area (TPSA) is 52.7 Å². The van der Waals surface area contributed by atoms with Crippen molar-refractivity contribution in [3.05, 3.63) is 34.9 Å². The van der Waals surface area contributed by atoms with Gasteiger partial charge in [-0.05, 0) is 57.7 Å². The zero-order valence-corrected chi connectivity index (χ0v) is 16.2. The normalized spacial score (nSPS) is 15.7. The summed E-state index contributed by atoms with van der Waals surface area (Å²) in [5, 5.41) is 3.00. The summed E-state index contributed by atoms with van der Waals surface area (Å²) in [6, 6.07) is 6.14. The molecule has 0 radical (unpaired) electrons. The zero-order valence-electron chi connectivity index (χ0n) is 16.2. The first-order chi connectivity index (χ1) is 11.7. The van der Waals surface area contributed by atoms with Crippen molar-refractivity contribution in [2.24, 2.45) is 0 Å². The molecule has 0 atom stereocenters. The number of hydrogen-bond acceptors (Lipinski definition) is 2. The first-order valence-corrected chi connectivity index (χ1v) is 9.07. The van der Waals surface area contributed by atoms with Gasteiger partial charge in [0, 0.05) is 31.7 Å². The van der Waals surface area contributed by atoms with E-state index in [4.69, 9.17) is 0 Å². The van der Waals surface area contributed by atoms with Gasteiger partial charge in [0.15, 0.2) is 0 Å². The minimum Gasteiger partial charge on any atom is -0.341 e. The van der Waals surface area contributed by atoms with Crippen molar-refractivity contribution >= 4 is 11.9 Å². The smallest absolute Gasteiger partial charge is 0.317 e. The summed E-state index contributed by atoms with van der Waals surface area (Å²) in [4.78, 5) is 28.6. The highest BCUT2D eigenvalue weighted by atomic mass is 16.2. The number of carbonyl (C=O) groups is 2. The van der Waals surface area contributed by atoms with Gasteiger partial charge in [-0.1, -0.05) is 18.2 Å². The van der Waals surface area contributed by atoms with E-state index in [9.17, 15) is 9.59 Å². The monoisotopic (exact) mass is 345 g/mol. The lowest BCUT2D eigenvalue weighted by molar-refractivity contribution is -0.130. The van der Waals surface area contributed by atoms with E-state index in [2.05, 4.69) is 31.3 Å². The second kappa shape index (κ2) is 7.89. The molecule has 1 aromatic rings. The van der Waals surface area contributed by atoms with Crippen molar-refractivity contribution in [2.45, 2.75) is 53.0 Å². The highest BCUT2D eigenvalue weighted by Crippen LogP contribution is 2.13. The molecule has 0 saturated carbocycles. The molecule has 1 N–H and O–H groups in total. The van der Waals surface area contributed by atoms with Crippen LogP contribution in [-0.4, -0.2) is 53.5 Å². The van der Waals surface area contributed by atoms with Crippen molar-refractivity contribution in [2.75, 3.05) is 26.2 Å². The third-order valence-corrected chi connectivity index (χ3v) is 4.54. The summed E-state index contributed by atoms with van der Waals surface area (Å²) >= 11 is 0. The minimum atomic E-state index is -0.248. The Bertz CT molecular complexity index is 634. The third-order valence-electron chi connectivity index (χ3n) is 4.54. The fourth-order valence-electron chi connectivity index (χ4n) is 2.97. The molecular weight excluding hydrogens is 314 g/mol. The van der Waals surface area contributed by atoms with E-state index < -0.39 is 0 Å². The summed E-state index contributed by atoms with van der Waals surface area (Å²) in [6.07, 6.45) is 1.24. The van der Waals surface area contributed by atoms with E-state index in [0.29, 0.717) is 32.6 Å². The fourth-order valence-corrected chi connectivity index (χ4v) is 2.97. The molecule has 25 heavy (non-hydrogen) atoms. The van der Waals surface area contributed by atoms with Gasteiger partial charge in [-0.3, -0.25) is 4.79 Å². The molecule has 0 spiro atoms. The van der Waals surface area contributed by atoms with Crippen LogP contribution in [0.25, 0.3) is 0 Å². The first kappa shape index (κ1) is 19.3. The Morgan fingerprint density at radius 3 is 2.28 bits per heavy atom. The van der Waals surface area contributed by atoms with Crippen molar-refractivity contribution in [1.29, 1.82) is 0 Å². The Morgan fingerprint density at radius 1 is 1.00 bits per heavy atom. The number of benzene rings is 1. The molecule has 1 fully saturated rings. The van der Waals surface area contributed by atoms with E-state index in [1.54, 1.807) is 0 Å². The van der Waals surface area contributed by atoms with Crippen LogP contribution in [0.15, 0.2) is 18.2 Å². The molecule has 1 heterocycles. The van der Waals surface area contributed by atoms with E-state index in [1.807, 2.05) is 36.6 Å². The molecule has 2 rings (SSSR count).